The van der Waals surface area contributed by atoms with Gasteiger partial charge in [0.2, 0.25) is 0 Å². The molecular weight excluding hydrogens is 355 g/mol. The minimum Gasteiger partial charge on any atom is -0.492 e. The highest BCUT2D eigenvalue weighted by atomic mass is 35.5. The molecule has 1 aliphatic rings. The van der Waals surface area contributed by atoms with Gasteiger partial charge in [0.05, 0.1) is 19.3 Å². The number of halogens is 2. The minimum absolute atomic E-state index is 0.00344. The number of nitrogens with zero attached hydrogens (tertiary/aromatic N) is 2. The average Bonchev–Trinajstić information content (AvgIpc) is 2.45. The molecule has 0 radical (unpaired) electrons. The first kappa shape index (κ1) is 19.3. The van der Waals surface area contributed by atoms with Gasteiger partial charge in [-0.15, -0.1) is 0 Å². The Morgan fingerprint density at radius 2 is 2.12 bits per heavy atom. The fourth-order valence-corrected chi connectivity index (χ4v) is 3.15. The molecule has 1 unspecified atom stereocenters. The van der Waals surface area contributed by atoms with E-state index in [1.807, 2.05) is 0 Å². The van der Waals surface area contributed by atoms with Gasteiger partial charge in [0.1, 0.15) is 12.4 Å². The predicted octanol–water partition coefficient (Wildman–Crippen LogP) is 2.09. The van der Waals surface area contributed by atoms with Gasteiger partial charge in [0, 0.05) is 36.2 Å². The Morgan fingerprint density at radius 1 is 1.42 bits per heavy atom. The number of carboxylic acid groups (broad SMARTS) is 1. The topological polar surface area (TPSA) is 62.2 Å². The van der Waals surface area contributed by atoms with Crippen LogP contribution in [-0.4, -0.2) is 80.0 Å². The second kappa shape index (κ2) is 9.44. The van der Waals surface area contributed by atoms with Crippen molar-refractivity contribution < 1.29 is 19.4 Å². The molecule has 0 spiro atoms. The third kappa shape index (κ3) is 6.83. The number of ether oxygens (including phenoxy) is 2. The fraction of sp³-hybridized carbons (Fsp3) is 0.562. The number of benzene rings is 1. The normalized spacial score (nSPS) is 18.8. The van der Waals surface area contributed by atoms with Crippen molar-refractivity contribution in [1.29, 1.82) is 0 Å². The lowest BCUT2D eigenvalue weighted by Gasteiger charge is -2.34. The van der Waals surface area contributed by atoms with E-state index in [1.54, 1.807) is 30.1 Å². The van der Waals surface area contributed by atoms with Crippen LogP contribution < -0.4 is 4.74 Å². The van der Waals surface area contributed by atoms with Gasteiger partial charge in [-0.05, 0) is 25.2 Å². The molecule has 1 aliphatic heterocycles. The number of aliphatic carboxylic acids is 1. The van der Waals surface area contributed by atoms with Crippen LogP contribution in [0.3, 0.4) is 0 Å². The summed E-state index contributed by atoms with van der Waals surface area (Å²) in [7, 11) is 1.78. The summed E-state index contributed by atoms with van der Waals surface area (Å²) in [6.45, 7) is 4.10. The Hall–Kier alpha value is -1.05. The quantitative estimate of drug-likeness (QED) is 0.749. The van der Waals surface area contributed by atoms with Gasteiger partial charge in [-0.25, -0.2) is 0 Å². The van der Waals surface area contributed by atoms with Crippen LogP contribution in [0.4, 0.5) is 0 Å². The first-order chi connectivity index (χ1) is 11.4. The van der Waals surface area contributed by atoms with Gasteiger partial charge < -0.3 is 14.6 Å². The van der Waals surface area contributed by atoms with Crippen LogP contribution in [0, 0.1) is 0 Å². The van der Waals surface area contributed by atoms with E-state index in [-0.39, 0.29) is 12.6 Å². The van der Waals surface area contributed by atoms with Crippen LogP contribution in [0.5, 0.6) is 5.75 Å². The number of carboxylic acids is 1. The summed E-state index contributed by atoms with van der Waals surface area (Å²) >= 11 is 11.9. The lowest BCUT2D eigenvalue weighted by molar-refractivity contribution is -0.138. The molecule has 0 amide bonds. The van der Waals surface area contributed by atoms with Crippen molar-refractivity contribution in [3.05, 3.63) is 28.2 Å². The van der Waals surface area contributed by atoms with Gasteiger partial charge in [-0.2, -0.15) is 0 Å². The highest BCUT2D eigenvalue weighted by Gasteiger charge is 2.22. The Morgan fingerprint density at radius 3 is 2.79 bits per heavy atom. The SMILES string of the molecule is CN(CC(=O)O)CC1CN(CCOc2cc(Cl)cc(Cl)c2)CCO1. The van der Waals surface area contributed by atoms with E-state index in [9.17, 15) is 4.79 Å². The Bertz CT molecular complexity index is 539. The third-order valence-corrected chi connectivity index (χ3v) is 4.09. The second-order valence-corrected chi connectivity index (χ2v) is 6.71. The number of hydrogen-bond donors (Lipinski definition) is 1. The Labute approximate surface area is 151 Å². The molecule has 1 heterocycles. The second-order valence-electron chi connectivity index (χ2n) is 5.84. The van der Waals surface area contributed by atoms with Crippen LogP contribution in [0.2, 0.25) is 10.0 Å². The lowest BCUT2D eigenvalue weighted by atomic mass is 10.2. The van der Waals surface area contributed by atoms with Crippen molar-refractivity contribution in [2.45, 2.75) is 6.10 Å². The zero-order valence-corrected chi connectivity index (χ0v) is 15.1. The van der Waals surface area contributed by atoms with Crippen molar-refractivity contribution in [3.63, 3.8) is 0 Å². The maximum atomic E-state index is 10.7. The summed E-state index contributed by atoms with van der Waals surface area (Å²) < 4.78 is 11.4. The molecule has 0 aliphatic carbocycles. The van der Waals surface area contributed by atoms with Gasteiger partial charge in [0.25, 0.3) is 0 Å². The van der Waals surface area contributed by atoms with Crippen LogP contribution in [0.25, 0.3) is 0 Å². The largest absolute Gasteiger partial charge is 0.492 e. The number of carbonyl (C=O) groups is 1. The lowest BCUT2D eigenvalue weighted by Crippen LogP contribution is -2.48. The van der Waals surface area contributed by atoms with Crippen molar-refractivity contribution in [2.75, 3.05) is 53.0 Å². The van der Waals surface area contributed by atoms with E-state index in [0.717, 1.165) is 19.6 Å². The van der Waals surface area contributed by atoms with Gasteiger partial charge in [0.15, 0.2) is 0 Å². The highest BCUT2D eigenvalue weighted by Crippen LogP contribution is 2.24. The van der Waals surface area contributed by atoms with Crippen LogP contribution in [0.15, 0.2) is 18.2 Å². The van der Waals surface area contributed by atoms with E-state index in [2.05, 4.69) is 4.90 Å². The number of morpholine rings is 1. The Balaban J connectivity index is 1.73. The molecule has 1 saturated heterocycles. The van der Waals surface area contributed by atoms with E-state index in [0.29, 0.717) is 35.6 Å². The number of rotatable bonds is 8. The van der Waals surface area contributed by atoms with Gasteiger partial charge in [-0.3, -0.25) is 14.6 Å². The number of hydrogen-bond acceptors (Lipinski definition) is 5. The minimum atomic E-state index is -0.834. The summed E-state index contributed by atoms with van der Waals surface area (Å²) in [5, 5.41) is 9.89. The molecule has 1 N–H and O–H groups in total. The van der Waals surface area contributed by atoms with Crippen LogP contribution >= 0.6 is 23.2 Å². The smallest absolute Gasteiger partial charge is 0.317 e. The molecule has 1 atom stereocenters. The summed E-state index contributed by atoms with van der Waals surface area (Å²) in [4.78, 5) is 14.7. The first-order valence-electron chi connectivity index (χ1n) is 7.75. The fourth-order valence-electron chi connectivity index (χ4n) is 2.64. The van der Waals surface area contributed by atoms with Crippen LogP contribution in [0.1, 0.15) is 0 Å². The molecule has 24 heavy (non-hydrogen) atoms. The Kier molecular flexibility index (Phi) is 7.58. The molecule has 0 bridgehead atoms. The first-order valence-corrected chi connectivity index (χ1v) is 8.51. The van der Waals surface area contributed by atoms with E-state index in [4.69, 9.17) is 37.8 Å². The summed E-state index contributed by atoms with van der Waals surface area (Å²) in [6, 6.07) is 5.13. The maximum Gasteiger partial charge on any atom is 0.317 e. The molecule has 2 rings (SSSR count). The molecule has 1 aromatic carbocycles. The molecule has 134 valence electrons. The summed E-state index contributed by atoms with van der Waals surface area (Å²) in [5.74, 6) is -0.183. The third-order valence-electron chi connectivity index (χ3n) is 3.66. The molecule has 0 aromatic heterocycles. The standard InChI is InChI=1S/C16H22Cl2N2O4/c1-19(11-16(21)22)9-15-10-20(3-5-24-15)2-4-23-14-7-12(17)6-13(18)8-14/h6-8,15H,2-5,9-11H2,1H3,(H,21,22). The zero-order chi connectivity index (χ0) is 17.5. The van der Waals surface area contributed by atoms with E-state index >= 15 is 0 Å². The average molecular weight is 377 g/mol. The maximum absolute atomic E-state index is 10.7. The van der Waals surface area contributed by atoms with E-state index in [1.165, 1.54) is 0 Å². The monoisotopic (exact) mass is 376 g/mol. The van der Waals surface area contributed by atoms with E-state index < -0.39 is 5.97 Å². The summed E-state index contributed by atoms with van der Waals surface area (Å²) in [5.41, 5.74) is 0. The molecule has 0 saturated carbocycles. The van der Waals surface area contributed by atoms with Crippen molar-refractivity contribution in [2.24, 2.45) is 0 Å². The predicted molar refractivity (Wildman–Crippen MR) is 93.3 cm³/mol. The van der Waals surface area contributed by atoms with Crippen molar-refractivity contribution in [3.8, 4) is 5.75 Å². The van der Waals surface area contributed by atoms with Crippen molar-refractivity contribution in [1.82, 2.24) is 9.80 Å². The summed E-state index contributed by atoms with van der Waals surface area (Å²) in [6.07, 6.45) is 0.00344. The molecular formula is C16H22Cl2N2O4. The van der Waals surface area contributed by atoms with Gasteiger partial charge in [-0.1, -0.05) is 23.2 Å². The highest BCUT2D eigenvalue weighted by molar-refractivity contribution is 6.34. The van der Waals surface area contributed by atoms with Crippen LogP contribution in [-0.2, 0) is 9.53 Å². The molecule has 1 aromatic rings. The number of likely N-dealkylation sites (N-methyl/N-ethyl adjacent to an activating group) is 1. The zero-order valence-electron chi connectivity index (χ0n) is 13.6. The molecule has 1 fully saturated rings. The molecule has 6 nitrogen and oxygen atoms in total. The van der Waals surface area contributed by atoms with Crippen molar-refractivity contribution >= 4 is 29.2 Å². The van der Waals surface area contributed by atoms with Gasteiger partial charge >= 0.3 is 5.97 Å². The molecule has 8 heteroatoms.